The molecular formula is C9H7Br2F. The molecule has 0 saturated heterocycles. The van der Waals surface area contributed by atoms with Crippen molar-refractivity contribution < 1.29 is 4.39 Å². The molecule has 0 aliphatic rings. The highest BCUT2D eigenvalue weighted by Gasteiger charge is 1.97. The smallest absolute Gasteiger partial charge is 0.131 e. The maximum absolute atomic E-state index is 13.1. The molecule has 0 saturated carbocycles. The summed E-state index contributed by atoms with van der Waals surface area (Å²) >= 11 is 6.42. The van der Waals surface area contributed by atoms with Gasteiger partial charge >= 0.3 is 0 Å². The molecule has 1 rings (SSSR count). The van der Waals surface area contributed by atoms with E-state index in [9.17, 15) is 4.39 Å². The average Bonchev–Trinajstić information content (AvgIpc) is 2.03. The van der Waals surface area contributed by atoms with E-state index in [1.165, 1.54) is 6.07 Å². The molecule has 1 aromatic rings. The first-order valence-electron chi connectivity index (χ1n) is 3.41. The predicted octanol–water partition coefficient (Wildman–Crippen LogP) is 4.00. The summed E-state index contributed by atoms with van der Waals surface area (Å²) < 4.78 is 13.8. The third-order valence-corrected chi connectivity index (χ3v) is 2.22. The first-order chi connectivity index (χ1) is 5.74. The number of allylic oxidation sites excluding steroid dienone is 1. The van der Waals surface area contributed by atoms with Gasteiger partial charge in [-0.25, -0.2) is 4.39 Å². The SMILES string of the molecule is Fc1cc(Br)ccc1C=CCBr. The molecule has 12 heavy (non-hydrogen) atoms. The topological polar surface area (TPSA) is 0 Å². The minimum Gasteiger partial charge on any atom is -0.206 e. The molecule has 3 heteroatoms. The lowest BCUT2D eigenvalue weighted by Gasteiger charge is -1.96. The predicted molar refractivity (Wildman–Crippen MR) is 56.9 cm³/mol. The van der Waals surface area contributed by atoms with Crippen LogP contribution in [0.3, 0.4) is 0 Å². The minimum absolute atomic E-state index is 0.207. The molecule has 0 radical (unpaired) electrons. The lowest BCUT2D eigenvalue weighted by Crippen LogP contribution is -1.80. The van der Waals surface area contributed by atoms with Crippen LogP contribution in [-0.4, -0.2) is 5.33 Å². The Morgan fingerprint density at radius 1 is 1.42 bits per heavy atom. The zero-order valence-electron chi connectivity index (χ0n) is 6.23. The number of halogens is 3. The van der Waals surface area contributed by atoms with Gasteiger partial charge in [-0.05, 0) is 12.1 Å². The van der Waals surface area contributed by atoms with Crippen molar-refractivity contribution in [3.8, 4) is 0 Å². The Morgan fingerprint density at radius 3 is 2.75 bits per heavy atom. The van der Waals surface area contributed by atoms with Crippen molar-refractivity contribution in [1.29, 1.82) is 0 Å². The molecule has 0 unspecified atom stereocenters. The van der Waals surface area contributed by atoms with Crippen LogP contribution in [0, 0.1) is 5.82 Å². The Balaban J connectivity index is 2.94. The fourth-order valence-electron chi connectivity index (χ4n) is 0.808. The van der Waals surface area contributed by atoms with Gasteiger partial charge in [0.15, 0.2) is 0 Å². The number of benzene rings is 1. The van der Waals surface area contributed by atoms with Crippen molar-refractivity contribution in [3.63, 3.8) is 0 Å². The molecule has 0 heterocycles. The summed E-state index contributed by atoms with van der Waals surface area (Å²) in [6.07, 6.45) is 3.60. The van der Waals surface area contributed by atoms with E-state index in [0.717, 1.165) is 9.80 Å². The molecule has 64 valence electrons. The average molecular weight is 294 g/mol. The zero-order valence-corrected chi connectivity index (χ0v) is 9.40. The largest absolute Gasteiger partial charge is 0.206 e. The van der Waals surface area contributed by atoms with E-state index >= 15 is 0 Å². The van der Waals surface area contributed by atoms with Crippen LogP contribution in [-0.2, 0) is 0 Å². The fraction of sp³-hybridized carbons (Fsp3) is 0.111. The van der Waals surface area contributed by atoms with E-state index < -0.39 is 0 Å². The third-order valence-electron chi connectivity index (χ3n) is 1.35. The van der Waals surface area contributed by atoms with Crippen LogP contribution in [0.1, 0.15) is 5.56 Å². The molecular weight excluding hydrogens is 287 g/mol. The van der Waals surface area contributed by atoms with Gasteiger partial charge in [0.2, 0.25) is 0 Å². The summed E-state index contributed by atoms with van der Waals surface area (Å²) in [5.41, 5.74) is 0.609. The highest BCUT2D eigenvalue weighted by molar-refractivity contribution is 9.10. The van der Waals surface area contributed by atoms with E-state index in [-0.39, 0.29) is 5.82 Å². The third kappa shape index (κ3) is 2.72. The Hall–Kier alpha value is -0.150. The van der Waals surface area contributed by atoms with Crippen molar-refractivity contribution in [1.82, 2.24) is 0 Å². The maximum Gasteiger partial charge on any atom is 0.131 e. The number of alkyl halides is 1. The minimum atomic E-state index is -0.207. The summed E-state index contributed by atoms with van der Waals surface area (Å²) in [6, 6.07) is 5.00. The van der Waals surface area contributed by atoms with E-state index in [4.69, 9.17) is 0 Å². The van der Waals surface area contributed by atoms with Crippen molar-refractivity contribution in [2.45, 2.75) is 0 Å². The molecule has 0 nitrogen and oxygen atoms in total. The van der Waals surface area contributed by atoms with Crippen LogP contribution < -0.4 is 0 Å². The second kappa shape index (κ2) is 4.77. The van der Waals surface area contributed by atoms with Crippen LogP contribution in [0.25, 0.3) is 6.08 Å². The van der Waals surface area contributed by atoms with Gasteiger partial charge in [-0.3, -0.25) is 0 Å². The van der Waals surface area contributed by atoms with Gasteiger partial charge in [0, 0.05) is 15.4 Å². The highest BCUT2D eigenvalue weighted by atomic mass is 79.9. The monoisotopic (exact) mass is 292 g/mol. The summed E-state index contributed by atoms with van der Waals surface area (Å²) in [5.74, 6) is -0.207. The van der Waals surface area contributed by atoms with Gasteiger partial charge < -0.3 is 0 Å². The second-order valence-corrected chi connectivity index (χ2v) is 3.79. The number of hydrogen-bond donors (Lipinski definition) is 0. The molecule has 0 aliphatic heterocycles. The van der Waals surface area contributed by atoms with E-state index in [2.05, 4.69) is 31.9 Å². The number of hydrogen-bond acceptors (Lipinski definition) is 0. The lowest BCUT2D eigenvalue weighted by molar-refractivity contribution is 0.624. The zero-order chi connectivity index (χ0) is 8.97. The van der Waals surface area contributed by atoms with Crippen molar-refractivity contribution in [3.05, 3.63) is 40.1 Å². The summed E-state index contributed by atoms with van der Waals surface area (Å²) in [7, 11) is 0. The summed E-state index contributed by atoms with van der Waals surface area (Å²) in [6.45, 7) is 0. The van der Waals surface area contributed by atoms with E-state index in [1.54, 1.807) is 12.1 Å². The standard InChI is InChI=1S/C9H7Br2F/c10-5-1-2-7-3-4-8(11)6-9(7)12/h1-4,6H,5H2. The second-order valence-electron chi connectivity index (χ2n) is 2.22. The normalized spacial score (nSPS) is 10.9. The molecule has 0 fully saturated rings. The summed E-state index contributed by atoms with van der Waals surface area (Å²) in [4.78, 5) is 0. The van der Waals surface area contributed by atoms with E-state index in [0.29, 0.717) is 5.56 Å². The Kier molecular flexibility index (Phi) is 3.95. The van der Waals surface area contributed by atoms with Crippen molar-refractivity contribution in [2.75, 3.05) is 5.33 Å². The van der Waals surface area contributed by atoms with Gasteiger partial charge in [-0.15, -0.1) is 0 Å². The molecule has 0 bridgehead atoms. The van der Waals surface area contributed by atoms with Gasteiger partial charge in [0.05, 0.1) is 0 Å². The Bertz CT molecular complexity index is 295. The van der Waals surface area contributed by atoms with Gasteiger partial charge in [0.1, 0.15) is 5.82 Å². The highest BCUT2D eigenvalue weighted by Crippen LogP contribution is 2.16. The molecule has 0 spiro atoms. The quantitative estimate of drug-likeness (QED) is 0.723. The summed E-state index contributed by atoms with van der Waals surface area (Å²) in [5, 5.41) is 0.739. The lowest BCUT2D eigenvalue weighted by atomic mass is 10.2. The molecule has 0 atom stereocenters. The first-order valence-corrected chi connectivity index (χ1v) is 5.33. The molecule has 0 amide bonds. The van der Waals surface area contributed by atoms with E-state index in [1.807, 2.05) is 12.1 Å². The van der Waals surface area contributed by atoms with Crippen LogP contribution in [0.5, 0.6) is 0 Å². The Labute approximate surface area is 87.7 Å². The van der Waals surface area contributed by atoms with Gasteiger partial charge in [-0.1, -0.05) is 50.1 Å². The van der Waals surface area contributed by atoms with Crippen molar-refractivity contribution in [2.24, 2.45) is 0 Å². The van der Waals surface area contributed by atoms with Crippen molar-refractivity contribution >= 4 is 37.9 Å². The van der Waals surface area contributed by atoms with Crippen LogP contribution in [0.2, 0.25) is 0 Å². The first kappa shape index (κ1) is 9.93. The molecule has 0 N–H and O–H groups in total. The maximum atomic E-state index is 13.1. The van der Waals surface area contributed by atoms with Crippen LogP contribution >= 0.6 is 31.9 Å². The number of rotatable bonds is 2. The fourth-order valence-corrected chi connectivity index (χ4v) is 1.33. The Morgan fingerprint density at radius 2 is 2.17 bits per heavy atom. The van der Waals surface area contributed by atoms with Gasteiger partial charge in [0.25, 0.3) is 0 Å². The molecule has 0 aliphatic carbocycles. The molecule has 1 aromatic carbocycles. The molecule has 0 aromatic heterocycles. The van der Waals surface area contributed by atoms with Crippen LogP contribution in [0.15, 0.2) is 28.7 Å². The van der Waals surface area contributed by atoms with Gasteiger partial charge in [-0.2, -0.15) is 0 Å². The van der Waals surface area contributed by atoms with Crippen LogP contribution in [0.4, 0.5) is 4.39 Å².